The first-order valence-corrected chi connectivity index (χ1v) is 7.32. The molecule has 1 rings (SSSR count). The minimum atomic E-state index is 0.642. The van der Waals surface area contributed by atoms with Gasteiger partial charge in [0, 0.05) is 11.8 Å². The number of methoxy groups -OCH3 is 1. The van der Waals surface area contributed by atoms with Gasteiger partial charge in [-0.2, -0.15) is 0 Å². The fraction of sp³-hybridized carbons (Fsp3) is 0.562. The third-order valence-electron chi connectivity index (χ3n) is 3.14. The summed E-state index contributed by atoms with van der Waals surface area (Å²) in [6, 6.07) is 5.38. The van der Waals surface area contributed by atoms with Gasteiger partial charge in [-0.1, -0.05) is 39.0 Å². The van der Waals surface area contributed by atoms with Crippen LogP contribution >= 0.6 is 0 Å². The van der Waals surface area contributed by atoms with E-state index in [0.717, 1.165) is 12.2 Å². The number of hydrogen-bond acceptors (Lipinski definition) is 3. The predicted octanol–water partition coefficient (Wildman–Crippen LogP) is 4.00. The van der Waals surface area contributed by atoms with Gasteiger partial charge in [-0.05, 0) is 18.6 Å². The molecule has 0 unspecified atom stereocenters. The number of unbranched alkanes of at least 4 members (excludes halogenated alkanes) is 5. The van der Waals surface area contributed by atoms with Crippen molar-refractivity contribution in [2.75, 3.05) is 19.0 Å². The lowest BCUT2D eigenvalue weighted by atomic mass is 10.1. The minimum Gasteiger partial charge on any atom is -0.493 e. The second-order valence-electron chi connectivity index (χ2n) is 4.74. The Kier molecular flexibility index (Phi) is 8.27. The molecule has 20 heavy (non-hydrogen) atoms. The Morgan fingerprint density at radius 3 is 2.55 bits per heavy atom. The number of carbonyl (C=O) groups excluding carboxylic acids is 1. The summed E-state index contributed by atoms with van der Waals surface area (Å²) in [7, 11) is 1.59. The number of nitrogens with one attached hydrogen (secondary N) is 1. The summed E-state index contributed by atoms with van der Waals surface area (Å²) >= 11 is 0. The van der Waals surface area contributed by atoms with Gasteiger partial charge < -0.3 is 14.8 Å². The Balaban J connectivity index is 2.33. The number of amides is 1. The van der Waals surface area contributed by atoms with E-state index >= 15 is 0 Å². The van der Waals surface area contributed by atoms with Crippen LogP contribution in [-0.2, 0) is 4.79 Å². The molecule has 1 aromatic carbocycles. The molecule has 0 aromatic heterocycles. The summed E-state index contributed by atoms with van der Waals surface area (Å²) in [6.45, 7) is 2.92. The van der Waals surface area contributed by atoms with Crippen molar-refractivity contribution in [2.24, 2.45) is 0 Å². The maximum atomic E-state index is 10.4. The molecule has 0 radical (unpaired) electrons. The lowest BCUT2D eigenvalue weighted by molar-refractivity contribution is -0.105. The van der Waals surface area contributed by atoms with Crippen LogP contribution in [0.15, 0.2) is 18.2 Å². The maximum absolute atomic E-state index is 10.4. The number of rotatable bonds is 11. The molecule has 4 heteroatoms. The molecule has 0 atom stereocenters. The molecule has 0 heterocycles. The molecule has 1 amide bonds. The van der Waals surface area contributed by atoms with Crippen LogP contribution in [0.4, 0.5) is 5.69 Å². The highest BCUT2D eigenvalue weighted by molar-refractivity contribution is 5.72. The van der Waals surface area contributed by atoms with E-state index in [2.05, 4.69) is 12.2 Å². The number of anilines is 1. The van der Waals surface area contributed by atoms with Gasteiger partial charge in [0.2, 0.25) is 6.41 Å². The van der Waals surface area contributed by atoms with Crippen LogP contribution in [0.2, 0.25) is 0 Å². The van der Waals surface area contributed by atoms with Gasteiger partial charge in [0.1, 0.15) is 0 Å². The van der Waals surface area contributed by atoms with E-state index in [4.69, 9.17) is 9.47 Å². The Hall–Kier alpha value is -1.71. The molecular formula is C16H25NO3. The van der Waals surface area contributed by atoms with Gasteiger partial charge in [-0.25, -0.2) is 0 Å². The van der Waals surface area contributed by atoms with E-state index in [1.165, 1.54) is 32.1 Å². The van der Waals surface area contributed by atoms with Gasteiger partial charge in [0.05, 0.1) is 13.7 Å². The first kappa shape index (κ1) is 16.3. The molecule has 0 aliphatic rings. The van der Waals surface area contributed by atoms with E-state index in [-0.39, 0.29) is 0 Å². The van der Waals surface area contributed by atoms with Gasteiger partial charge in [-0.3, -0.25) is 4.79 Å². The molecule has 0 bridgehead atoms. The smallest absolute Gasteiger partial charge is 0.211 e. The van der Waals surface area contributed by atoms with Crippen molar-refractivity contribution in [3.05, 3.63) is 18.2 Å². The van der Waals surface area contributed by atoms with E-state index in [1.54, 1.807) is 19.2 Å². The summed E-state index contributed by atoms with van der Waals surface area (Å²) < 4.78 is 11.0. The average molecular weight is 279 g/mol. The van der Waals surface area contributed by atoms with Crippen LogP contribution in [-0.4, -0.2) is 20.1 Å². The lowest BCUT2D eigenvalue weighted by Crippen LogP contribution is -2.01. The van der Waals surface area contributed by atoms with Gasteiger partial charge >= 0.3 is 0 Å². The van der Waals surface area contributed by atoms with Crippen LogP contribution in [0, 0.1) is 0 Å². The van der Waals surface area contributed by atoms with Crippen molar-refractivity contribution in [2.45, 2.75) is 45.4 Å². The summed E-state index contributed by atoms with van der Waals surface area (Å²) in [5, 5.41) is 2.59. The molecule has 1 N–H and O–H groups in total. The number of benzene rings is 1. The Bertz CT molecular complexity index is 393. The molecule has 0 aliphatic heterocycles. The van der Waals surface area contributed by atoms with Crippen molar-refractivity contribution >= 4 is 12.1 Å². The van der Waals surface area contributed by atoms with Crippen molar-refractivity contribution in [1.82, 2.24) is 0 Å². The molecule has 112 valence electrons. The summed E-state index contributed by atoms with van der Waals surface area (Å²) in [5.74, 6) is 1.36. The zero-order valence-corrected chi connectivity index (χ0v) is 12.5. The highest BCUT2D eigenvalue weighted by Gasteiger charge is 2.05. The fourth-order valence-electron chi connectivity index (χ4n) is 2.01. The summed E-state index contributed by atoms with van der Waals surface area (Å²) in [6.07, 6.45) is 8.08. The molecule has 1 aromatic rings. The zero-order valence-electron chi connectivity index (χ0n) is 12.5. The van der Waals surface area contributed by atoms with Gasteiger partial charge in [-0.15, -0.1) is 0 Å². The van der Waals surface area contributed by atoms with Crippen LogP contribution in [0.1, 0.15) is 45.4 Å². The van der Waals surface area contributed by atoms with Crippen LogP contribution in [0.3, 0.4) is 0 Å². The Morgan fingerprint density at radius 2 is 1.85 bits per heavy atom. The zero-order chi connectivity index (χ0) is 14.6. The minimum absolute atomic E-state index is 0.642. The van der Waals surface area contributed by atoms with Crippen LogP contribution in [0.25, 0.3) is 0 Å². The largest absolute Gasteiger partial charge is 0.493 e. The normalized spacial score (nSPS) is 10.1. The van der Waals surface area contributed by atoms with E-state index in [9.17, 15) is 4.79 Å². The summed E-state index contributed by atoms with van der Waals surface area (Å²) in [4.78, 5) is 10.4. The van der Waals surface area contributed by atoms with E-state index in [1.807, 2.05) is 6.07 Å². The SMILES string of the molecule is CCCCCCCCOc1ccc(NC=O)cc1OC. The standard InChI is InChI=1S/C16H25NO3/c1-3-4-5-6-7-8-11-20-15-10-9-14(17-13-18)12-16(15)19-2/h9-10,12-13H,3-8,11H2,1-2H3,(H,17,18). The third kappa shape index (κ3) is 5.95. The van der Waals surface area contributed by atoms with Gasteiger partial charge in [0.15, 0.2) is 11.5 Å². The molecule has 0 aliphatic carbocycles. The Labute approximate surface area is 121 Å². The second kappa shape index (κ2) is 10.1. The van der Waals surface area contributed by atoms with Crippen molar-refractivity contribution in [3.8, 4) is 11.5 Å². The molecule has 4 nitrogen and oxygen atoms in total. The second-order valence-corrected chi connectivity index (χ2v) is 4.74. The number of carbonyl (C=O) groups is 1. The predicted molar refractivity (Wildman–Crippen MR) is 81.6 cm³/mol. The Morgan fingerprint density at radius 1 is 1.10 bits per heavy atom. The molecular weight excluding hydrogens is 254 g/mol. The van der Waals surface area contributed by atoms with E-state index < -0.39 is 0 Å². The van der Waals surface area contributed by atoms with Gasteiger partial charge in [0.25, 0.3) is 0 Å². The maximum Gasteiger partial charge on any atom is 0.211 e. The summed E-state index contributed by atoms with van der Waals surface area (Å²) in [5.41, 5.74) is 0.698. The third-order valence-corrected chi connectivity index (χ3v) is 3.14. The molecule has 0 fully saturated rings. The van der Waals surface area contributed by atoms with E-state index in [0.29, 0.717) is 24.5 Å². The number of hydrogen-bond donors (Lipinski definition) is 1. The highest BCUT2D eigenvalue weighted by atomic mass is 16.5. The van der Waals surface area contributed by atoms with Crippen molar-refractivity contribution in [1.29, 1.82) is 0 Å². The van der Waals surface area contributed by atoms with Crippen LogP contribution in [0.5, 0.6) is 11.5 Å². The monoisotopic (exact) mass is 279 g/mol. The average Bonchev–Trinajstić information content (AvgIpc) is 2.47. The van der Waals surface area contributed by atoms with Crippen molar-refractivity contribution in [3.63, 3.8) is 0 Å². The molecule has 0 spiro atoms. The highest BCUT2D eigenvalue weighted by Crippen LogP contribution is 2.30. The fourth-order valence-corrected chi connectivity index (χ4v) is 2.01. The van der Waals surface area contributed by atoms with Crippen molar-refractivity contribution < 1.29 is 14.3 Å². The quantitative estimate of drug-likeness (QED) is 0.492. The first-order chi connectivity index (χ1) is 9.81. The lowest BCUT2D eigenvalue weighted by Gasteiger charge is -2.11. The topological polar surface area (TPSA) is 47.6 Å². The molecule has 0 saturated carbocycles. The first-order valence-electron chi connectivity index (χ1n) is 7.32. The number of ether oxygens (including phenoxy) is 2. The molecule has 0 saturated heterocycles. The van der Waals surface area contributed by atoms with Crippen LogP contribution < -0.4 is 14.8 Å².